The summed E-state index contributed by atoms with van der Waals surface area (Å²) in [6, 6.07) is 15.6. The molecule has 0 unspecified atom stereocenters. The molecule has 3 heteroatoms. The molecule has 96 valence electrons. The van der Waals surface area contributed by atoms with Crippen molar-refractivity contribution in [3.63, 3.8) is 0 Å². The molecular formula is C17H11NOS. The Kier molecular flexibility index (Phi) is 2.38. The number of rotatable bonds is 0. The van der Waals surface area contributed by atoms with E-state index in [9.17, 15) is 4.79 Å². The fourth-order valence-electron chi connectivity index (χ4n) is 2.66. The zero-order valence-corrected chi connectivity index (χ0v) is 11.7. The zero-order valence-electron chi connectivity index (χ0n) is 10.9. The number of para-hydroxylation sites is 1. The highest BCUT2D eigenvalue weighted by molar-refractivity contribution is 7.24. The van der Waals surface area contributed by atoms with Crippen LogP contribution in [0.3, 0.4) is 0 Å². The molecule has 2 nitrogen and oxygen atoms in total. The van der Waals surface area contributed by atoms with E-state index in [2.05, 4.69) is 4.98 Å². The summed E-state index contributed by atoms with van der Waals surface area (Å²) >= 11 is 1.64. The molecule has 0 saturated heterocycles. The van der Waals surface area contributed by atoms with Gasteiger partial charge in [0.1, 0.15) is 0 Å². The largest absolute Gasteiger partial charge is 0.288 e. The van der Waals surface area contributed by atoms with Crippen molar-refractivity contribution in [2.75, 3.05) is 0 Å². The zero-order chi connectivity index (χ0) is 13.7. The maximum absolute atomic E-state index is 12.8. The number of pyridine rings is 1. The molecule has 0 bridgehead atoms. The average molecular weight is 277 g/mol. The second kappa shape index (κ2) is 4.12. The molecule has 0 aliphatic carbocycles. The predicted molar refractivity (Wildman–Crippen MR) is 85.6 cm³/mol. The van der Waals surface area contributed by atoms with Gasteiger partial charge in [0.2, 0.25) is 0 Å². The van der Waals surface area contributed by atoms with Crippen molar-refractivity contribution in [1.29, 1.82) is 0 Å². The molecule has 0 aliphatic heterocycles. The van der Waals surface area contributed by atoms with Gasteiger partial charge in [0.15, 0.2) is 5.43 Å². The summed E-state index contributed by atoms with van der Waals surface area (Å²) in [5.41, 5.74) is 1.92. The third kappa shape index (κ3) is 1.50. The SMILES string of the molecule is Cc1nc2ccccc2c2c(=O)c3ccccc3sc12. The Balaban J connectivity index is 2.41. The number of aromatic nitrogens is 1. The van der Waals surface area contributed by atoms with Crippen LogP contribution in [0, 0.1) is 6.92 Å². The Hall–Kier alpha value is -2.26. The second-order valence-corrected chi connectivity index (χ2v) is 5.90. The van der Waals surface area contributed by atoms with Gasteiger partial charge in [-0.05, 0) is 25.1 Å². The summed E-state index contributed by atoms with van der Waals surface area (Å²) in [5, 5.41) is 2.54. The third-order valence-corrected chi connectivity index (χ3v) is 4.87. The summed E-state index contributed by atoms with van der Waals surface area (Å²) in [6.45, 7) is 1.97. The number of hydrogen-bond donors (Lipinski definition) is 0. The highest BCUT2D eigenvalue weighted by Crippen LogP contribution is 2.30. The molecule has 0 spiro atoms. The smallest absolute Gasteiger partial charge is 0.196 e. The van der Waals surface area contributed by atoms with Crippen LogP contribution in [0.25, 0.3) is 31.1 Å². The van der Waals surface area contributed by atoms with Crippen LogP contribution in [0.1, 0.15) is 5.69 Å². The van der Waals surface area contributed by atoms with Gasteiger partial charge in [-0.2, -0.15) is 0 Å². The molecule has 4 aromatic rings. The van der Waals surface area contributed by atoms with Gasteiger partial charge >= 0.3 is 0 Å². The average Bonchev–Trinajstić information content (AvgIpc) is 2.48. The molecule has 0 fully saturated rings. The fraction of sp³-hybridized carbons (Fsp3) is 0.0588. The first kappa shape index (κ1) is 11.6. The Morgan fingerprint density at radius 1 is 0.950 bits per heavy atom. The van der Waals surface area contributed by atoms with E-state index >= 15 is 0 Å². The van der Waals surface area contributed by atoms with Crippen LogP contribution in [0.4, 0.5) is 0 Å². The first-order chi connectivity index (χ1) is 9.75. The van der Waals surface area contributed by atoms with Gasteiger partial charge < -0.3 is 0 Å². The number of benzene rings is 2. The van der Waals surface area contributed by atoms with E-state index in [1.807, 2.05) is 55.5 Å². The van der Waals surface area contributed by atoms with Gasteiger partial charge in [-0.25, -0.2) is 0 Å². The minimum atomic E-state index is 0.107. The molecule has 2 aromatic carbocycles. The number of aryl methyl sites for hydroxylation is 1. The topological polar surface area (TPSA) is 30.0 Å². The highest BCUT2D eigenvalue weighted by atomic mass is 32.1. The maximum atomic E-state index is 12.8. The van der Waals surface area contributed by atoms with E-state index < -0.39 is 0 Å². The monoisotopic (exact) mass is 277 g/mol. The van der Waals surface area contributed by atoms with E-state index in [1.54, 1.807) is 11.3 Å². The van der Waals surface area contributed by atoms with Gasteiger partial charge in [0, 0.05) is 15.5 Å². The standard InChI is InChI=1S/C17H11NOS/c1-10-17-15(11-6-2-4-8-13(11)18-10)16(19)12-7-3-5-9-14(12)20-17/h2-9H,1H3. The summed E-state index contributed by atoms with van der Waals surface area (Å²) < 4.78 is 2.01. The highest BCUT2D eigenvalue weighted by Gasteiger charge is 2.12. The van der Waals surface area contributed by atoms with E-state index in [0.717, 1.165) is 36.8 Å². The first-order valence-corrected chi connectivity index (χ1v) is 7.28. The van der Waals surface area contributed by atoms with Crippen LogP contribution >= 0.6 is 11.3 Å². The molecule has 0 aliphatic rings. The van der Waals surface area contributed by atoms with Crippen molar-refractivity contribution in [3.05, 3.63) is 64.4 Å². The van der Waals surface area contributed by atoms with Gasteiger partial charge in [0.25, 0.3) is 0 Å². The Labute approximate surface area is 119 Å². The lowest BCUT2D eigenvalue weighted by Gasteiger charge is -2.07. The van der Waals surface area contributed by atoms with Crippen LogP contribution in [-0.4, -0.2) is 4.98 Å². The fourth-order valence-corrected chi connectivity index (χ4v) is 3.79. The van der Waals surface area contributed by atoms with E-state index in [0.29, 0.717) is 0 Å². The molecule has 2 aromatic heterocycles. The Morgan fingerprint density at radius 2 is 1.65 bits per heavy atom. The molecule has 2 heterocycles. The molecule has 20 heavy (non-hydrogen) atoms. The summed E-state index contributed by atoms with van der Waals surface area (Å²) in [4.78, 5) is 17.5. The van der Waals surface area contributed by atoms with E-state index in [1.165, 1.54) is 0 Å². The molecule has 0 radical (unpaired) electrons. The normalized spacial score (nSPS) is 11.4. The van der Waals surface area contributed by atoms with Gasteiger partial charge in [-0.1, -0.05) is 30.3 Å². The van der Waals surface area contributed by atoms with Crippen molar-refractivity contribution < 1.29 is 0 Å². The Morgan fingerprint density at radius 3 is 2.50 bits per heavy atom. The predicted octanol–water partition coefficient (Wildman–Crippen LogP) is 4.27. The lowest BCUT2D eigenvalue weighted by molar-refractivity contribution is 1.30. The van der Waals surface area contributed by atoms with Crippen LogP contribution < -0.4 is 5.43 Å². The Bertz CT molecular complexity index is 1030. The van der Waals surface area contributed by atoms with E-state index in [-0.39, 0.29) is 5.43 Å². The molecule has 0 amide bonds. The van der Waals surface area contributed by atoms with Crippen molar-refractivity contribution >= 4 is 42.4 Å². The van der Waals surface area contributed by atoms with Crippen molar-refractivity contribution in [2.45, 2.75) is 6.92 Å². The second-order valence-electron chi connectivity index (χ2n) is 4.85. The number of nitrogens with zero attached hydrogens (tertiary/aromatic N) is 1. The van der Waals surface area contributed by atoms with Gasteiger partial charge in [0.05, 0.1) is 21.3 Å². The molecule has 0 N–H and O–H groups in total. The van der Waals surface area contributed by atoms with Gasteiger partial charge in [-0.3, -0.25) is 9.78 Å². The summed E-state index contributed by atoms with van der Waals surface area (Å²) in [6.07, 6.45) is 0. The van der Waals surface area contributed by atoms with Gasteiger partial charge in [-0.15, -0.1) is 11.3 Å². The summed E-state index contributed by atoms with van der Waals surface area (Å²) in [7, 11) is 0. The lowest BCUT2D eigenvalue weighted by atomic mass is 10.1. The van der Waals surface area contributed by atoms with Crippen LogP contribution in [0.15, 0.2) is 53.3 Å². The maximum Gasteiger partial charge on any atom is 0.196 e. The van der Waals surface area contributed by atoms with Crippen molar-refractivity contribution in [2.24, 2.45) is 0 Å². The summed E-state index contributed by atoms with van der Waals surface area (Å²) in [5.74, 6) is 0. The minimum Gasteiger partial charge on any atom is -0.288 e. The molecule has 0 saturated carbocycles. The van der Waals surface area contributed by atoms with Crippen molar-refractivity contribution in [3.8, 4) is 0 Å². The van der Waals surface area contributed by atoms with Crippen molar-refractivity contribution in [1.82, 2.24) is 4.98 Å². The molecule has 0 atom stereocenters. The van der Waals surface area contributed by atoms with Crippen LogP contribution in [-0.2, 0) is 0 Å². The first-order valence-electron chi connectivity index (χ1n) is 6.46. The van der Waals surface area contributed by atoms with Crippen LogP contribution in [0.5, 0.6) is 0 Å². The quantitative estimate of drug-likeness (QED) is 0.355. The molecule has 4 rings (SSSR count). The third-order valence-electron chi connectivity index (χ3n) is 3.59. The van der Waals surface area contributed by atoms with E-state index in [4.69, 9.17) is 0 Å². The number of hydrogen-bond acceptors (Lipinski definition) is 3. The van der Waals surface area contributed by atoms with Crippen LogP contribution in [0.2, 0.25) is 0 Å². The number of fused-ring (bicyclic) bond motifs is 4. The molecular weight excluding hydrogens is 266 g/mol. The minimum absolute atomic E-state index is 0.107. The lowest BCUT2D eigenvalue weighted by Crippen LogP contribution is -2.03.